The Kier molecular flexibility index (Phi) is 9.11. The van der Waals surface area contributed by atoms with Crippen LogP contribution in [0.15, 0.2) is 37.2 Å². The molecule has 13 heteroatoms. The fourth-order valence-electron chi connectivity index (χ4n) is 3.45. The molecule has 3 aromatic heterocycles. The van der Waals surface area contributed by atoms with Crippen molar-refractivity contribution in [1.82, 2.24) is 35.6 Å². The van der Waals surface area contributed by atoms with Gasteiger partial charge in [-0.2, -0.15) is 0 Å². The first-order chi connectivity index (χ1) is 17.3. The van der Waals surface area contributed by atoms with Crippen LogP contribution >= 0.6 is 0 Å². The molecule has 2 atom stereocenters. The monoisotopic (exact) mass is 498 g/mol. The highest BCUT2D eigenvalue weighted by Crippen LogP contribution is 2.16. The molecule has 4 N–H and O–H groups in total. The molecular formula is C23H30N8O5. The van der Waals surface area contributed by atoms with Crippen molar-refractivity contribution in [2.24, 2.45) is 0 Å². The number of nitrogens with one attached hydrogen (secondary N) is 4. The van der Waals surface area contributed by atoms with E-state index >= 15 is 0 Å². The minimum Gasteiger partial charge on any atom is -0.468 e. The van der Waals surface area contributed by atoms with Crippen molar-refractivity contribution in [3.8, 4) is 0 Å². The highest BCUT2D eigenvalue weighted by molar-refractivity contribution is 5.96. The van der Waals surface area contributed by atoms with E-state index in [1.807, 2.05) is 19.0 Å². The molecule has 0 saturated carbocycles. The van der Waals surface area contributed by atoms with E-state index in [2.05, 4.69) is 35.6 Å². The summed E-state index contributed by atoms with van der Waals surface area (Å²) in [5.41, 5.74) is 2.78. The summed E-state index contributed by atoms with van der Waals surface area (Å²) in [5, 5.41) is 5.82. The van der Waals surface area contributed by atoms with Crippen molar-refractivity contribution < 1.29 is 23.9 Å². The van der Waals surface area contributed by atoms with Gasteiger partial charge in [0.1, 0.15) is 17.8 Å². The molecule has 0 radical (unpaired) electrons. The van der Waals surface area contributed by atoms with Gasteiger partial charge >= 0.3 is 11.9 Å². The van der Waals surface area contributed by atoms with Crippen LogP contribution in [0.3, 0.4) is 0 Å². The van der Waals surface area contributed by atoms with E-state index in [0.29, 0.717) is 17.8 Å². The van der Waals surface area contributed by atoms with Gasteiger partial charge in [0.2, 0.25) is 0 Å². The SMILES string of the molecule is COC(=O)C(Cc1cnc[nH]1)NCc1cc(N(C)C)cc(C(=O)NC(Cc2cnc[nH]2)C(=O)OC)n1. The predicted octanol–water partition coefficient (Wildman–Crippen LogP) is -0.0182. The highest BCUT2D eigenvalue weighted by atomic mass is 16.5. The lowest BCUT2D eigenvalue weighted by Crippen LogP contribution is -2.43. The molecule has 192 valence electrons. The van der Waals surface area contributed by atoms with Gasteiger partial charge in [-0.15, -0.1) is 0 Å². The Morgan fingerprint density at radius 1 is 0.944 bits per heavy atom. The van der Waals surface area contributed by atoms with E-state index in [0.717, 1.165) is 11.4 Å². The minimum absolute atomic E-state index is 0.111. The summed E-state index contributed by atoms with van der Waals surface area (Å²) in [6.45, 7) is 0.185. The molecule has 0 fully saturated rings. The summed E-state index contributed by atoms with van der Waals surface area (Å²) in [6.07, 6.45) is 6.73. The normalized spacial score (nSPS) is 12.4. The average Bonchev–Trinajstić information content (AvgIpc) is 3.59. The number of aromatic amines is 2. The fraction of sp³-hybridized carbons (Fsp3) is 0.391. The Hall–Kier alpha value is -4.26. The van der Waals surface area contributed by atoms with Gasteiger partial charge in [0.25, 0.3) is 5.91 Å². The van der Waals surface area contributed by atoms with Crippen molar-refractivity contribution in [2.75, 3.05) is 33.2 Å². The van der Waals surface area contributed by atoms with E-state index in [4.69, 9.17) is 9.47 Å². The van der Waals surface area contributed by atoms with E-state index in [9.17, 15) is 14.4 Å². The molecule has 2 unspecified atom stereocenters. The molecule has 0 aliphatic carbocycles. The molecule has 36 heavy (non-hydrogen) atoms. The Bertz CT molecular complexity index is 1150. The van der Waals surface area contributed by atoms with Gasteiger partial charge in [-0.3, -0.25) is 14.9 Å². The van der Waals surface area contributed by atoms with Gasteiger partial charge in [0.15, 0.2) is 0 Å². The number of hydrogen-bond donors (Lipinski definition) is 4. The number of H-pyrrole nitrogens is 2. The van der Waals surface area contributed by atoms with Crippen molar-refractivity contribution in [2.45, 2.75) is 31.5 Å². The summed E-state index contributed by atoms with van der Waals surface area (Å²) >= 11 is 0. The molecule has 0 saturated heterocycles. The number of rotatable bonds is 12. The lowest BCUT2D eigenvalue weighted by Gasteiger charge is -2.19. The molecule has 0 bridgehead atoms. The maximum absolute atomic E-state index is 13.1. The molecule has 3 aromatic rings. The second-order valence-corrected chi connectivity index (χ2v) is 8.16. The van der Waals surface area contributed by atoms with E-state index < -0.39 is 29.9 Å². The smallest absolute Gasteiger partial charge is 0.328 e. The van der Waals surface area contributed by atoms with Crippen molar-refractivity contribution >= 4 is 23.5 Å². The quantitative estimate of drug-likeness (QED) is 0.249. The number of anilines is 1. The number of ether oxygens (including phenoxy) is 2. The van der Waals surface area contributed by atoms with Crippen LogP contribution in [0.1, 0.15) is 27.6 Å². The first kappa shape index (κ1) is 26.3. The first-order valence-electron chi connectivity index (χ1n) is 11.1. The fourth-order valence-corrected chi connectivity index (χ4v) is 3.45. The Morgan fingerprint density at radius 2 is 1.53 bits per heavy atom. The summed E-state index contributed by atoms with van der Waals surface area (Å²) in [4.78, 5) is 57.7. The third-order valence-electron chi connectivity index (χ3n) is 5.38. The van der Waals surface area contributed by atoms with Crippen molar-refractivity contribution in [1.29, 1.82) is 0 Å². The van der Waals surface area contributed by atoms with Crippen LogP contribution in [0.2, 0.25) is 0 Å². The first-order valence-corrected chi connectivity index (χ1v) is 11.1. The van der Waals surface area contributed by atoms with Gasteiger partial charge < -0.3 is 29.7 Å². The number of nitrogens with zero attached hydrogens (tertiary/aromatic N) is 4. The van der Waals surface area contributed by atoms with E-state index in [-0.39, 0.29) is 18.7 Å². The van der Waals surface area contributed by atoms with Crippen LogP contribution in [-0.2, 0) is 38.4 Å². The van der Waals surface area contributed by atoms with Gasteiger partial charge in [-0.25, -0.2) is 19.7 Å². The molecule has 0 aliphatic heterocycles. The van der Waals surface area contributed by atoms with E-state index in [1.54, 1.807) is 24.5 Å². The number of aromatic nitrogens is 5. The van der Waals surface area contributed by atoms with Crippen LogP contribution in [0.25, 0.3) is 0 Å². The highest BCUT2D eigenvalue weighted by Gasteiger charge is 2.25. The molecule has 3 rings (SSSR count). The number of esters is 2. The Labute approximate surface area is 208 Å². The zero-order valence-corrected chi connectivity index (χ0v) is 20.6. The van der Waals surface area contributed by atoms with Crippen LogP contribution < -0.4 is 15.5 Å². The summed E-state index contributed by atoms with van der Waals surface area (Å²) in [7, 11) is 6.24. The molecule has 0 spiro atoms. The standard InChI is InChI=1S/C23H30N8O5/c1-31(2)17-5-16(11-26-19(22(33)35-3)6-14-9-24-12-27-14)29-18(8-17)21(32)30-20(23(34)36-4)7-15-10-25-13-28-15/h5,8-10,12-13,19-20,26H,6-7,11H2,1-4H3,(H,24,27)(H,25,28)(H,30,32). The lowest BCUT2D eigenvalue weighted by molar-refractivity contribution is -0.143. The molecule has 3 heterocycles. The van der Waals surface area contributed by atoms with E-state index in [1.165, 1.54) is 26.9 Å². The molecular weight excluding hydrogens is 468 g/mol. The minimum atomic E-state index is -0.938. The second-order valence-electron chi connectivity index (χ2n) is 8.16. The summed E-state index contributed by atoms with van der Waals surface area (Å²) in [6, 6.07) is 1.82. The zero-order valence-electron chi connectivity index (χ0n) is 20.6. The van der Waals surface area contributed by atoms with Gasteiger partial charge in [-0.1, -0.05) is 0 Å². The molecule has 0 aliphatic rings. The zero-order chi connectivity index (χ0) is 26.1. The third kappa shape index (κ3) is 7.12. The number of pyridine rings is 1. The number of carbonyl (C=O) groups is 3. The van der Waals surface area contributed by atoms with Crippen molar-refractivity contribution in [3.63, 3.8) is 0 Å². The predicted molar refractivity (Wildman–Crippen MR) is 129 cm³/mol. The summed E-state index contributed by atoms with van der Waals surface area (Å²) in [5.74, 6) is -1.58. The van der Waals surface area contributed by atoms with Crippen LogP contribution in [0, 0.1) is 0 Å². The maximum Gasteiger partial charge on any atom is 0.328 e. The summed E-state index contributed by atoms with van der Waals surface area (Å²) < 4.78 is 9.76. The Balaban J connectivity index is 1.78. The van der Waals surface area contributed by atoms with Gasteiger partial charge in [0, 0.05) is 63.0 Å². The molecule has 13 nitrogen and oxygen atoms in total. The number of hydrogen-bond acceptors (Lipinski definition) is 10. The number of amides is 1. The lowest BCUT2D eigenvalue weighted by atomic mass is 10.1. The van der Waals surface area contributed by atoms with Gasteiger partial charge in [0.05, 0.1) is 32.6 Å². The third-order valence-corrected chi connectivity index (χ3v) is 5.38. The van der Waals surface area contributed by atoms with Gasteiger partial charge in [-0.05, 0) is 12.1 Å². The number of carbonyl (C=O) groups excluding carboxylic acids is 3. The maximum atomic E-state index is 13.1. The second kappa shape index (κ2) is 12.4. The van der Waals surface area contributed by atoms with Crippen LogP contribution in [0.4, 0.5) is 5.69 Å². The van der Waals surface area contributed by atoms with Crippen LogP contribution in [0.5, 0.6) is 0 Å². The number of methoxy groups -OCH3 is 2. The molecule has 1 amide bonds. The Morgan fingerprint density at radius 3 is 2.06 bits per heavy atom. The van der Waals surface area contributed by atoms with Crippen molar-refractivity contribution in [3.05, 3.63) is 60.0 Å². The average molecular weight is 499 g/mol. The molecule has 0 aromatic carbocycles. The topological polar surface area (TPSA) is 167 Å². The van der Waals surface area contributed by atoms with Crippen LogP contribution in [-0.4, -0.2) is 83.2 Å². The largest absolute Gasteiger partial charge is 0.468 e. The number of imidazole rings is 2.